The standard InChI is InChI=1S/C23H25N3O4/c1-6-26-20-10-9-17(12-19(20)24-15(4)22(26)28)23(29)30-16(5)21(27)25-18-11-13(2)7-8-14(18)3/h7-12,16H,6H2,1-5H3,(H,25,27)/t16-/m0/s1. The predicted molar refractivity (Wildman–Crippen MR) is 116 cm³/mol. The summed E-state index contributed by atoms with van der Waals surface area (Å²) in [6.45, 7) is 9.36. The molecule has 3 aromatic rings. The summed E-state index contributed by atoms with van der Waals surface area (Å²) in [5.41, 5.74) is 4.26. The lowest BCUT2D eigenvalue weighted by atomic mass is 10.1. The van der Waals surface area contributed by atoms with Gasteiger partial charge in [0.25, 0.3) is 11.5 Å². The van der Waals surface area contributed by atoms with Gasteiger partial charge in [-0.1, -0.05) is 12.1 Å². The molecule has 0 radical (unpaired) electrons. The number of esters is 1. The number of carbonyl (C=O) groups is 2. The van der Waals surface area contributed by atoms with Crippen LogP contribution in [0.2, 0.25) is 0 Å². The predicted octanol–water partition coefficient (Wildman–Crippen LogP) is 3.53. The van der Waals surface area contributed by atoms with Crippen molar-refractivity contribution in [2.75, 3.05) is 5.32 Å². The van der Waals surface area contributed by atoms with Gasteiger partial charge in [0.1, 0.15) is 5.69 Å². The van der Waals surface area contributed by atoms with Gasteiger partial charge in [0.15, 0.2) is 6.10 Å². The summed E-state index contributed by atoms with van der Waals surface area (Å²) in [5.74, 6) is -1.04. The van der Waals surface area contributed by atoms with E-state index in [1.54, 1.807) is 29.7 Å². The summed E-state index contributed by atoms with van der Waals surface area (Å²) in [6, 6.07) is 10.6. The van der Waals surface area contributed by atoms with Crippen LogP contribution in [0, 0.1) is 20.8 Å². The van der Waals surface area contributed by atoms with Crippen LogP contribution in [-0.4, -0.2) is 27.5 Å². The molecule has 3 rings (SSSR count). The Morgan fingerprint density at radius 3 is 2.57 bits per heavy atom. The van der Waals surface area contributed by atoms with Crippen molar-refractivity contribution in [2.45, 2.75) is 47.3 Å². The summed E-state index contributed by atoms with van der Waals surface area (Å²) < 4.78 is 6.96. The number of ether oxygens (including phenoxy) is 1. The van der Waals surface area contributed by atoms with E-state index in [9.17, 15) is 14.4 Å². The van der Waals surface area contributed by atoms with Crippen LogP contribution in [-0.2, 0) is 16.1 Å². The molecule has 1 N–H and O–H groups in total. The van der Waals surface area contributed by atoms with Crippen molar-refractivity contribution >= 4 is 28.6 Å². The zero-order valence-corrected chi connectivity index (χ0v) is 17.8. The van der Waals surface area contributed by atoms with Crippen LogP contribution >= 0.6 is 0 Å². The number of hydrogen-bond donors (Lipinski definition) is 1. The first-order chi connectivity index (χ1) is 14.2. The molecule has 7 heteroatoms. The van der Waals surface area contributed by atoms with E-state index in [1.807, 2.05) is 39.0 Å². The van der Waals surface area contributed by atoms with E-state index in [1.165, 1.54) is 6.92 Å². The average Bonchev–Trinajstić information content (AvgIpc) is 2.71. The van der Waals surface area contributed by atoms with Gasteiger partial charge in [-0.2, -0.15) is 0 Å². The van der Waals surface area contributed by atoms with Crippen molar-refractivity contribution in [3.63, 3.8) is 0 Å². The molecule has 0 aliphatic rings. The van der Waals surface area contributed by atoms with Crippen LogP contribution in [0.5, 0.6) is 0 Å². The number of fused-ring (bicyclic) bond motifs is 1. The van der Waals surface area contributed by atoms with Crippen LogP contribution < -0.4 is 10.9 Å². The van der Waals surface area contributed by atoms with Crippen LogP contribution in [0.25, 0.3) is 11.0 Å². The molecular formula is C23H25N3O4. The third kappa shape index (κ3) is 4.25. The minimum Gasteiger partial charge on any atom is -0.449 e. The number of rotatable bonds is 5. The highest BCUT2D eigenvalue weighted by atomic mass is 16.5. The van der Waals surface area contributed by atoms with E-state index in [4.69, 9.17) is 4.74 Å². The fourth-order valence-electron chi connectivity index (χ4n) is 3.20. The molecule has 156 valence electrons. The lowest BCUT2D eigenvalue weighted by Gasteiger charge is -2.15. The van der Waals surface area contributed by atoms with E-state index in [-0.39, 0.29) is 11.1 Å². The molecule has 0 spiro atoms. The lowest BCUT2D eigenvalue weighted by molar-refractivity contribution is -0.123. The summed E-state index contributed by atoms with van der Waals surface area (Å²) in [7, 11) is 0. The Balaban J connectivity index is 1.78. The highest BCUT2D eigenvalue weighted by Crippen LogP contribution is 2.18. The molecule has 0 aliphatic heterocycles. The molecule has 1 heterocycles. The van der Waals surface area contributed by atoms with Gasteiger partial charge in [-0.3, -0.25) is 9.59 Å². The van der Waals surface area contributed by atoms with Crippen molar-refractivity contribution in [3.8, 4) is 0 Å². The number of amides is 1. The Bertz CT molecular complexity index is 1200. The minimum absolute atomic E-state index is 0.155. The number of anilines is 1. The monoisotopic (exact) mass is 407 g/mol. The Morgan fingerprint density at radius 2 is 1.87 bits per heavy atom. The fourth-order valence-corrected chi connectivity index (χ4v) is 3.20. The number of nitrogens with one attached hydrogen (secondary N) is 1. The van der Waals surface area contributed by atoms with Crippen LogP contribution in [0.3, 0.4) is 0 Å². The molecule has 1 aromatic heterocycles. The second-order valence-electron chi connectivity index (χ2n) is 7.31. The summed E-state index contributed by atoms with van der Waals surface area (Å²) in [6.07, 6.45) is -0.979. The number of benzene rings is 2. The number of carbonyl (C=O) groups excluding carboxylic acids is 2. The average molecular weight is 407 g/mol. The van der Waals surface area contributed by atoms with Crippen molar-refractivity contribution < 1.29 is 14.3 Å². The van der Waals surface area contributed by atoms with Crippen molar-refractivity contribution in [2.24, 2.45) is 0 Å². The quantitative estimate of drug-likeness (QED) is 0.654. The summed E-state index contributed by atoms with van der Waals surface area (Å²) >= 11 is 0. The van der Waals surface area contributed by atoms with Crippen LogP contribution in [0.15, 0.2) is 41.2 Å². The van der Waals surface area contributed by atoms with Crippen molar-refractivity contribution in [1.29, 1.82) is 0 Å². The van der Waals surface area contributed by atoms with Crippen LogP contribution in [0.4, 0.5) is 5.69 Å². The second-order valence-corrected chi connectivity index (χ2v) is 7.31. The normalized spacial score (nSPS) is 11.9. The Kier molecular flexibility index (Phi) is 6.01. The first-order valence-electron chi connectivity index (χ1n) is 9.81. The van der Waals surface area contributed by atoms with Crippen molar-refractivity contribution in [1.82, 2.24) is 9.55 Å². The molecule has 0 aliphatic carbocycles. The third-order valence-corrected chi connectivity index (χ3v) is 4.96. The maximum atomic E-state index is 12.6. The number of hydrogen-bond acceptors (Lipinski definition) is 5. The maximum absolute atomic E-state index is 12.6. The summed E-state index contributed by atoms with van der Waals surface area (Å²) in [5, 5.41) is 2.80. The molecule has 0 bridgehead atoms. The first-order valence-corrected chi connectivity index (χ1v) is 9.81. The molecule has 0 saturated heterocycles. The fraction of sp³-hybridized carbons (Fsp3) is 0.304. The highest BCUT2D eigenvalue weighted by Gasteiger charge is 2.20. The number of aryl methyl sites for hydroxylation is 4. The summed E-state index contributed by atoms with van der Waals surface area (Å²) in [4.78, 5) is 41.6. The van der Waals surface area contributed by atoms with E-state index in [2.05, 4.69) is 10.3 Å². The number of nitrogens with zero attached hydrogens (tertiary/aromatic N) is 2. The van der Waals surface area contributed by atoms with Gasteiger partial charge in [0.2, 0.25) is 0 Å². The van der Waals surface area contributed by atoms with Gasteiger partial charge in [-0.15, -0.1) is 0 Å². The molecule has 7 nitrogen and oxygen atoms in total. The van der Waals surface area contributed by atoms with Crippen LogP contribution in [0.1, 0.15) is 41.0 Å². The van der Waals surface area contributed by atoms with Gasteiger partial charge in [-0.05, 0) is 70.0 Å². The lowest BCUT2D eigenvalue weighted by Crippen LogP contribution is -2.30. The molecule has 0 unspecified atom stereocenters. The molecule has 2 aromatic carbocycles. The third-order valence-electron chi connectivity index (χ3n) is 4.96. The SMILES string of the molecule is CCn1c(=O)c(C)nc2cc(C(=O)O[C@@H](C)C(=O)Nc3cc(C)ccc3C)ccc21. The molecule has 1 atom stereocenters. The van der Waals surface area contributed by atoms with Gasteiger partial charge in [0, 0.05) is 12.2 Å². The second kappa shape index (κ2) is 8.49. The topological polar surface area (TPSA) is 90.3 Å². The molecule has 1 amide bonds. The number of aromatic nitrogens is 2. The maximum Gasteiger partial charge on any atom is 0.338 e. The van der Waals surface area contributed by atoms with E-state index in [0.717, 1.165) is 11.1 Å². The Labute approximate surface area is 174 Å². The zero-order valence-electron chi connectivity index (χ0n) is 17.8. The molecular weight excluding hydrogens is 382 g/mol. The zero-order chi connectivity index (χ0) is 22.0. The molecule has 30 heavy (non-hydrogen) atoms. The van der Waals surface area contributed by atoms with Crippen molar-refractivity contribution in [3.05, 3.63) is 69.1 Å². The molecule has 0 fully saturated rings. The van der Waals surface area contributed by atoms with Gasteiger partial charge < -0.3 is 14.6 Å². The van der Waals surface area contributed by atoms with E-state index >= 15 is 0 Å². The van der Waals surface area contributed by atoms with Gasteiger partial charge in [-0.25, -0.2) is 9.78 Å². The largest absolute Gasteiger partial charge is 0.449 e. The van der Waals surface area contributed by atoms with E-state index < -0.39 is 18.0 Å². The highest BCUT2D eigenvalue weighted by molar-refractivity contribution is 5.98. The van der Waals surface area contributed by atoms with Gasteiger partial charge in [0.05, 0.1) is 16.6 Å². The minimum atomic E-state index is -0.979. The first kappa shape index (κ1) is 21.2. The van der Waals surface area contributed by atoms with E-state index in [0.29, 0.717) is 29.0 Å². The van der Waals surface area contributed by atoms with Gasteiger partial charge >= 0.3 is 5.97 Å². The molecule has 0 saturated carbocycles. The smallest absolute Gasteiger partial charge is 0.338 e. The Hall–Kier alpha value is -3.48. The Morgan fingerprint density at radius 1 is 1.13 bits per heavy atom.